The topological polar surface area (TPSA) is 95.3 Å². The molecule has 0 amide bonds. The molecular formula is C11H15N5O2. The van der Waals surface area contributed by atoms with Crippen molar-refractivity contribution in [3.05, 3.63) is 22.6 Å². The molecule has 3 N–H and O–H groups in total. The van der Waals surface area contributed by atoms with Crippen molar-refractivity contribution in [1.82, 2.24) is 19.8 Å². The third-order valence-corrected chi connectivity index (χ3v) is 3.34. The molecule has 0 saturated heterocycles. The van der Waals surface area contributed by atoms with Gasteiger partial charge in [0.2, 0.25) is 0 Å². The number of aliphatic hydroxyl groups excluding tert-OH is 1. The van der Waals surface area contributed by atoms with Crippen LogP contribution < -0.4 is 11.0 Å². The Balaban J connectivity index is 1.85. The zero-order valence-corrected chi connectivity index (χ0v) is 9.83. The summed E-state index contributed by atoms with van der Waals surface area (Å²) in [5.41, 5.74) is 0.118. The van der Waals surface area contributed by atoms with Crippen LogP contribution in [0.15, 0.2) is 16.9 Å². The molecule has 0 aromatic carbocycles. The van der Waals surface area contributed by atoms with Gasteiger partial charge < -0.3 is 10.4 Å². The summed E-state index contributed by atoms with van der Waals surface area (Å²) in [6, 6.07) is 3.48. The van der Waals surface area contributed by atoms with E-state index in [9.17, 15) is 9.90 Å². The Bertz CT molecular complexity index is 605. The SMILES string of the molecule is O=c1[nH]nc2ccc(NC3CCCCC3O)nn12. The second-order valence-electron chi connectivity index (χ2n) is 4.62. The van der Waals surface area contributed by atoms with E-state index in [2.05, 4.69) is 20.6 Å². The molecular weight excluding hydrogens is 234 g/mol. The van der Waals surface area contributed by atoms with Crippen molar-refractivity contribution in [3.8, 4) is 0 Å². The average molecular weight is 249 g/mol. The van der Waals surface area contributed by atoms with Gasteiger partial charge in [0.1, 0.15) is 5.82 Å². The van der Waals surface area contributed by atoms with Crippen LogP contribution in [0, 0.1) is 0 Å². The van der Waals surface area contributed by atoms with Gasteiger partial charge in [0.15, 0.2) is 5.65 Å². The van der Waals surface area contributed by atoms with E-state index < -0.39 is 0 Å². The Hall–Kier alpha value is -1.89. The maximum atomic E-state index is 11.4. The molecule has 2 unspecified atom stereocenters. The first-order valence-electron chi connectivity index (χ1n) is 6.13. The van der Waals surface area contributed by atoms with Gasteiger partial charge in [0.25, 0.3) is 0 Å². The van der Waals surface area contributed by atoms with Gasteiger partial charge in [-0.2, -0.15) is 9.61 Å². The molecule has 0 radical (unpaired) electrons. The highest BCUT2D eigenvalue weighted by Gasteiger charge is 2.23. The van der Waals surface area contributed by atoms with E-state index in [0.29, 0.717) is 11.5 Å². The lowest BCUT2D eigenvalue weighted by Crippen LogP contribution is -2.36. The highest BCUT2D eigenvalue weighted by molar-refractivity contribution is 5.43. The normalized spacial score (nSPS) is 24.3. The second-order valence-corrected chi connectivity index (χ2v) is 4.62. The zero-order chi connectivity index (χ0) is 12.5. The van der Waals surface area contributed by atoms with Crippen molar-refractivity contribution in [2.24, 2.45) is 0 Å². The molecule has 1 aliphatic carbocycles. The van der Waals surface area contributed by atoms with Gasteiger partial charge in [-0.05, 0) is 25.0 Å². The summed E-state index contributed by atoms with van der Waals surface area (Å²) in [5, 5.41) is 23.4. The van der Waals surface area contributed by atoms with Crippen LogP contribution in [-0.4, -0.2) is 37.1 Å². The molecule has 0 bridgehead atoms. The molecule has 96 valence electrons. The number of hydrogen-bond acceptors (Lipinski definition) is 5. The number of aromatic nitrogens is 4. The van der Waals surface area contributed by atoms with Crippen LogP contribution in [0.4, 0.5) is 5.82 Å². The molecule has 2 aromatic rings. The molecule has 0 aliphatic heterocycles. The maximum Gasteiger partial charge on any atom is 0.364 e. The van der Waals surface area contributed by atoms with Crippen LogP contribution >= 0.6 is 0 Å². The molecule has 2 heterocycles. The first kappa shape index (κ1) is 11.2. The number of rotatable bonds is 2. The molecule has 0 spiro atoms. The number of anilines is 1. The third kappa shape index (κ3) is 1.97. The van der Waals surface area contributed by atoms with Crippen LogP contribution in [0.25, 0.3) is 5.65 Å². The molecule has 3 rings (SSSR count). The number of fused-ring (bicyclic) bond motifs is 1. The molecule has 2 aromatic heterocycles. The highest BCUT2D eigenvalue weighted by atomic mass is 16.3. The average Bonchev–Trinajstić information content (AvgIpc) is 2.74. The maximum absolute atomic E-state index is 11.4. The van der Waals surface area contributed by atoms with Crippen LogP contribution in [-0.2, 0) is 0 Å². The molecule has 1 saturated carbocycles. The Labute approximate surface area is 103 Å². The van der Waals surface area contributed by atoms with Gasteiger partial charge >= 0.3 is 5.69 Å². The van der Waals surface area contributed by atoms with Gasteiger partial charge in [-0.25, -0.2) is 9.89 Å². The minimum atomic E-state index is -0.363. The summed E-state index contributed by atoms with van der Waals surface area (Å²) in [5.74, 6) is 0.581. The smallest absolute Gasteiger partial charge is 0.364 e. The Morgan fingerprint density at radius 1 is 1.39 bits per heavy atom. The lowest BCUT2D eigenvalue weighted by molar-refractivity contribution is 0.116. The van der Waals surface area contributed by atoms with Gasteiger partial charge in [0, 0.05) is 0 Å². The van der Waals surface area contributed by atoms with E-state index in [1.165, 1.54) is 4.52 Å². The van der Waals surface area contributed by atoms with E-state index in [0.717, 1.165) is 25.7 Å². The fourth-order valence-electron chi connectivity index (χ4n) is 2.35. The summed E-state index contributed by atoms with van der Waals surface area (Å²) in [6.07, 6.45) is 3.54. The fraction of sp³-hybridized carbons (Fsp3) is 0.545. The van der Waals surface area contributed by atoms with Crippen molar-refractivity contribution < 1.29 is 5.11 Å². The van der Waals surface area contributed by atoms with Crippen molar-refractivity contribution in [1.29, 1.82) is 0 Å². The van der Waals surface area contributed by atoms with Crippen molar-refractivity contribution >= 4 is 11.5 Å². The first-order chi connectivity index (χ1) is 8.74. The summed E-state index contributed by atoms with van der Waals surface area (Å²) in [7, 11) is 0. The molecule has 7 heteroatoms. The predicted octanol–water partition coefficient (Wildman–Crippen LogP) is 0.133. The molecule has 18 heavy (non-hydrogen) atoms. The Kier molecular flexibility index (Phi) is 2.75. The van der Waals surface area contributed by atoms with Gasteiger partial charge in [-0.1, -0.05) is 12.8 Å². The Morgan fingerprint density at radius 2 is 2.22 bits per heavy atom. The second kappa shape index (κ2) is 4.41. The summed E-state index contributed by atoms with van der Waals surface area (Å²) in [4.78, 5) is 11.4. The first-order valence-corrected chi connectivity index (χ1v) is 6.13. The lowest BCUT2D eigenvalue weighted by atomic mass is 9.93. The predicted molar refractivity (Wildman–Crippen MR) is 65.5 cm³/mol. The Morgan fingerprint density at radius 3 is 3.06 bits per heavy atom. The van der Waals surface area contributed by atoms with Crippen LogP contribution in [0.3, 0.4) is 0 Å². The monoisotopic (exact) mass is 249 g/mol. The number of nitrogens with one attached hydrogen (secondary N) is 2. The van der Waals surface area contributed by atoms with E-state index >= 15 is 0 Å². The number of nitrogens with zero attached hydrogens (tertiary/aromatic N) is 3. The van der Waals surface area contributed by atoms with Crippen molar-refractivity contribution in [2.45, 2.75) is 37.8 Å². The number of aromatic amines is 1. The third-order valence-electron chi connectivity index (χ3n) is 3.34. The molecule has 7 nitrogen and oxygen atoms in total. The summed E-state index contributed by atoms with van der Waals surface area (Å²) in [6.45, 7) is 0. The quantitative estimate of drug-likeness (QED) is 0.703. The standard InChI is InChI=1S/C11H15N5O2/c17-8-4-2-1-3-7(8)12-9-5-6-10-13-14-11(18)16(10)15-9/h5-8,17H,1-4H2,(H,12,15)(H,14,18). The van der Waals surface area contributed by atoms with Crippen LogP contribution in [0.1, 0.15) is 25.7 Å². The van der Waals surface area contributed by atoms with Gasteiger partial charge in [0.05, 0.1) is 12.1 Å². The van der Waals surface area contributed by atoms with Crippen LogP contribution in [0.5, 0.6) is 0 Å². The molecule has 1 fully saturated rings. The van der Waals surface area contributed by atoms with E-state index in [-0.39, 0.29) is 17.8 Å². The molecule has 2 atom stereocenters. The van der Waals surface area contributed by atoms with Gasteiger partial charge in [-0.15, -0.1) is 5.10 Å². The summed E-state index contributed by atoms with van der Waals surface area (Å²) >= 11 is 0. The van der Waals surface area contributed by atoms with E-state index in [1.807, 2.05) is 0 Å². The zero-order valence-electron chi connectivity index (χ0n) is 9.83. The largest absolute Gasteiger partial charge is 0.391 e. The summed E-state index contributed by atoms with van der Waals surface area (Å²) < 4.78 is 1.21. The van der Waals surface area contributed by atoms with Crippen LogP contribution in [0.2, 0.25) is 0 Å². The van der Waals surface area contributed by atoms with Crippen molar-refractivity contribution in [2.75, 3.05) is 5.32 Å². The van der Waals surface area contributed by atoms with E-state index in [1.54, 1.807) is 12.1 Å². The minimum absolute atomic E-state index is 0.00584. The van der Waals surface area contributed by atoms with Gasteiger partial charge in [-0.3, -0.25) is 0 Å². The number of hydrogen-bond donors (Lipinski definition) is 3. The highest BCUT2D eigenvalue weighted by Crippen LogP contribution is 2.21. The minimum Gasteiger partial charge on any atom is -0.391 e. The molecule has 1 aliphatic rings. The lowest BCUT2D eigenvalue weighted by Gasteiger charge is -2.28. The van der Waals surface area contributed by atoms with Crippen molar-refractivity contribution in [3.63, 3.8) is 0 Å². The number of aliphatic hydroxyl groups is 1. The number of H-pyrrole nitrogens is 1. The fourth-order valence-corrected chi connectivity index (χ4v) is 2.35. The van der Waals surface area contributed by atoms with E-state index in [4.69, 9.17) is 0 Å².